The molecular formula is C13H19FN2O3S. The second-order valence-corrected chi connectivity index (χ2v) is 7.05. The van der Waals surface area contributed by atoms with Gasteiger partial charge < -0.3 is 10.8 Å². The molecule has 20 heavy (non-hydrogen) atoms. The Kier molecular flexibility index (Phi) is 4.04. The van der Waals surface area contributed by atoms with Crippen molar-refractivity contribution in [2.45, 2.75) is 37.7 Å². The van der Waals surface area contributed by atoms with Crippen LogP contribution in [0.4, 0.5) is 10.1 Å². The first-order valence-electron chi connectivity index (χ1n) is 6.48. The summed E-state index contributed by atoms with van der Waals surface area (Å²) >= 11 is 0. The molecular weight excluding hydrogens is 283 g/mol. The normalized spacial score (nSPS) is 18.4. The van der Waals surface area contributed by atoms with Crippen molar-refractivity contribution in [3.05, 3.63) is 23.0 Å². The third kappa shape index (κ3) is 2.53. The number of nitrogens with zero attached hydrogens (tertiary/aromatic N) is 1. The number of rotatable bonds is 2. The van der Waals surface area contributed by atoms with E-state index >= 15 is 0 Å². The number of aliphatic hydroxyl groups excluding tert-OH is 1. The fraction of sp³-hybridized carbons (Fsp3) is 0.538. The van der Waals surface area contributed by atoms with Gasteiger partial charge in [0.2, 0.25) is 10.0 Å². The zero-order chi connectivity index (χ0) is 15.1. The number of nitrogen functional groups attached to an aromatic ring is 1. The van der Waals surface area contributed by atoms with Crippen molar-refractivity contribution in [2.24, 2.45) is 0 Å². The standard InChI is InChI=1S/C13H19FN2O3S/c1-8-7-11(14)12(15)9(2)13(8)20(18,19)16-5-3-10(17)4-6-16/h7,10,17H,3-6,15H2,1-2H3. The fourth-order valence-corrected chi connectivity index (χ4v) is 4.45. The van der Waals surface area contributed by atoms with E-state index in [0.717, 1.165) is 6.07 Å². The van der Waals surface area contributed by atoms with Gasteiger partial charge in [-0.3, -0.25) is 0 Å². The van der Waals surface area contributed by atoms with E-state index in [1.54, 1.807) is 6.92 Å². The maximum Gasteiger partial charge on any atom is 0.243 e. The van der Waals surface area contributed by atoms with E-state index in [1.165, 1.54) is 11.2 Å². The summed E-state index contributed by atoms with van der Waals surface area (Å²) < 4.78 is 40.2. The Hall–Kier alpha value is -1.18. The third-order valence-electron chi connectivity index (χ3n) is 3.72. The molecule has 0 atom stereocenters. The first-order valence-corrected chi connectivity index (χ1v) is 7.92. The summed E-state index contributed by atoms with van der Waals surface area (Å²) in [5.41, 5.74) is 6.06. The number of benzene rings is 1. The molecule has 0 saturated carbocycles. The highest BCUT2D eigenvalue weighted by atomic mass is 32.2. The highest BCUT2D eigenvalue weighted by Crippen LogP contribution is 2.31. The lowest BCUT2D eigenvalue weighted by atomic mass is 10.1. The predicted molar refractivity (Wildman–Crippen MR) is 74.3 cm³/mol. The van der Waals surface area contributed by atoms with Crippen molar-refractivity contribution in [1.29, 1.82) is 0 Å². The van der Waals surface area contributed by atoms with Crippen LogP contribution in [0.5, 0.6) is 0 Å². The second-order valence-electron chi connectivity index (χ2n) is 5.18. The average Bonchev–Trinajstić information content (AvgIpc) is 2.36. The molecule has 7 heteroatoms. The van der Waals surface area contributed by atoms with E-state index in [0.29, 0.717) is 18.4 Å². The molecule has 0 unspecified atom stereocenters. The van der Waals surface area contributed by atoms with Crippen LogP contribution in [-0.4, -0.2) is 37.0 Å². The Labute approximate surface area is 118 Å². The largest absolute Gasteiger partial charge is 0.396 e. The van der Waals surface area contributed by atoms with Crippen LogP contribution in [0.3, 0.4) is 0 Å². The van der Waals surface area contributed by atoms with Crippen molar-refractivity contribution in [3.8, 4) is 0 Å². The van der Waals surface area contributed by atoms with Crippen molar-refractivity contribution in [3.63, 3.8) is 0 Å². The molecule has 0 aromatic heterocycles. The maximum absolute atomic E-state index is 13.5. The number of aryl methyl sites for hydroxylation is 1. The molecule has 1 saturated heterocycles. The van der Waals surface area contributed by atoms with Gasteiger partial charge >= 0.3 is 0 Å². The highest BCUT2D eigenvalue weighted by Gasteiger charge is 2.32. The minimum Gasteiger partial charge on any atom is -0.396 e. The molecule has 1 fully saturated rings. The summed E-state index contributed by atoms with van der Waals surface area (Å²) in [4.78, 5) is 0.0767. The zero-order valence-electron chi connectivity index (χ0n) is 11.6. The van der Waals surface area contributed by atoms with Gasteiger partial charge in [0.05, 0.1) is 16.7 Å². The summed E-state index contributed by atoms with van der Waals surface area (Å²) in [6.45, 7) is 3.59. The van der Waals surface area contributed by atoms with Gasteiger partial charge in [-0.15, -0.1) is 0 Å². The second kappa shape index (κ2) is 5.31. The Bertz CT molecular complexity index is 623. The smallest absolute Gasteiger partial charge is 0.243 e. The molecule has 3 N–H and O–H groups in total. The summed E-state index contributed by atoms with van der Waals surface area (Å²) in [7, 11) is -3.71. The van der Waals surface area contributed by atoms with Gasteiger partial charge in [-0.2, -0.15) is 4.31 Å². The van der Waals surface area contributed by atoms with Gasteiger partial charge in [0.15, 0.2) is 0 Å². The molecule has 0 spiro atoms. The number of halogens is 1. The minimum atomic E-state index is -3.71. The molecule has 0 aliphatic carbocycles. The summed E-state index contributed by atoms with van der Waals surface area (Å²) in [5, 5.41) is 9.46. The summed E-state index contributed by atoms with van der Waals surface area (Å²) in [5.74, 6) is -0.604. The van der Waals surface area contributed by atoms with Gasteiger partial charge in [0.1, 0.15) is 5.82 Å². The first-order chi connectivity index (χ1) is 9.25. The van der Waals surface area contributed by atoms with Gasteiger partial charge in [-0.1, -0.05) is 0 Å². The van der Waals surface area contributed by atoms with Crippen LogP contribution in [0.15, 0.2) is 11.0 Å². The van der Waals surface area contributed by atoms with Crippen LogP contribution in [-0.2, 0) is 10.0 Å². The number of sulfonamides is 1. The van der Waals surface area contributed by atoms with E-state index < -0.39 is 21.9 Å². The molecule has 1 aliphatic rings. The zero-order valence-corrected chi connectivity index (χ0v) is 12.4. The van der Waals surface area contributed by atoms with Crippen LogP contribution in [0.2, 0.25) is 0 Å². The highest BCUT2D eigenvalue weighted by molar-refractivity contribution is 7.89. The number of nitrogens with two attached hydrogens (primary N) is 1. The van der Waals surface area contributed by atoms with Crippen LogP contribution in [0.25, 0.3) is 0 Å². The van der Waals surface area contributed by atoms with E-state index in [9.17, 15) is 17.9 Å². The lowest BCUT2D eigenvalue weighted by Crippen LogP contribution is -2.40. The molecule has 0 amide bonds. The topological polar surface area (TPSA) is 83.6 Å². The Morgan fingerprint density at radius 2 is 1.90 bits per heavy atom. The summed E-state index contributed by atoms with van der Waals surface area (Å²) in [6, 6.07) is 1.15. The maximum atomic E-state index is 13.5. The molecule has 0 radical (unpaired) electrons. The predicted octanol–water partition coefficient (Wildman–Crippen LogP) is 1.17. The molecule has 0 bridgehead atoms. The minimum absolute atomic E-state index is 0.0767. The first kappa shape index (κ1) is 15.2. The van der Waals surface area contributed by atoms with E-state index in [1.807, 2.05) is 0 Å². The number of hydrogen-bond donors (Lipinski definition) is 2. The quantitative estimate of drug-likeness (QED) is 0.803. The number of aliphatic hydroxyl groups is 1. The monoisotopic (exact) mass is 302 g/mol. The van der Waals surface area contributed by atoms with Crippen molar-refractivity contribution in [1.82, 2.24) is 4.31 Å². The van der Waals surface area contributed by atoms with Crippen molar-refractivity contribution >= 4 is 15.7 Å². The van der Waals surface area contributed by atoms with Crippen LogP contribution in [0, 0.1) is 19.7 Å². The van der Waals surface area contributed by atoms with Crippen molar-refractivity contribution < 1.29 is 17.9 Å². The van der Waals surface area contributed by atoms with Gasteiger partial charge in [-0.05, 0) is 43.9 Å². The van der Waals surface area contributed by atoms with Crippen LogP contribution < -0.4 is 5.73 Å². The number of piperidine rings is 1. The molecule has 1 aliphatic heterocycles. The molecule has 2 rings (SSSR count). The SMILES string of the molecule is Cc1cc(F)c(N)c(C)c1S(=O)(=O)N1CCC(O)CC1. The lowest BCUT2D eigenvalue weighted by molar-refractivity contribution is 0.113. The average molecular weight is 302 g/mol. The molecule has 112 valence electrons. The van der Waals surface area contributed by atoms with E-state index in [-0.39, 0.29) is 29.2 Å². The van der Waals surface area contributed by atoms with Gasteiger partial charge in [0, 0.05) is 13.1 Å². The molecule has 1 aromatic rings. The van der Waals surface area contributed by atoms with Gasteiger partial charge in [0.25, 0.3) is 0 Å². The number of anilines is 1. The number of hydrogen-bond acceptors (Lipinski definition) is 4. The third-order valence-corrected chi connectivity index (χ3v) is 5.91. The van der Waals surface area contributed by atoms with Crippen LogP contribution in [0.1, 0.15) is 24.0 Å². The van der Waals surface area contributed by atoms with E-state index in [4.69, 9.17) is 5.73 Å². The summed E-state index contributed by atoms with van der Waals surface area (Å²) in [6.07, 6.45) is 0.365. The Balaban J connectivity index is 2.48. The van der Waals surface area contributed by atoms with Gasteiger partial charge in [-0.25, -0.2) is 12.8 Å². The van der Waals surface area contributed by atoms with Crippen LogP contribution >= 0.6 is 0 Å². The van der Waals surface area contributed by atoms with Crippen molar-refractivity contribution in [2.75, 3.05) is 18.8 Å². The Morgan fingerprint density at radius 3 is 2.45 bits per heavy atom. The fourth-order valence-electron chi connectivity index (χ4n) is 2.54. The van der Waals surface area contributed by atoms with E-state index in [2.05, 4.69) is 0 Å². The Morgan fingerprint density at radius 1 is 1.35 bits per heavy atom. The molecule has 1 heterocycles. The molecule has 1 aromatic carbocycles. The lowest BCUT2D eigenvalue weighted by Gasteiger charge is -2.30. The molecule has 5 nitrogen and oxygen atoms in total.